The van der Waals surface area contributed by atoms with Crippen molar-refractivity contribution in [3.63, 3.8) is 0 Å². The lowest BCUT2D eigenvalue weighted by molar-refractivity contribution is -0.144. The third-order valence-corrected chi connectivity index (χ3v) is 5.56. The van der Waals surface area contributed by atoms with Crippen molar-refractivity contribution in [1.29, 1.82) is 0 Å². The van der Waals surface area contributed by atoms with Gasteiger partial charge in [-0.3, -0.25) is 19.1 Å². The molecule has 0 unspecified atom stereocenters. The van der Waals surface area contributed by atoms with Crippen molar-refractivity contribution in [1.82, 2.24) is 19.1 Å². The van der Waals surface area contributed by atoms with E-state index in [-0.39, 0.29) is 30.4 Å². The van der Waals surface area contributed by atoms with Crippen LogP contribution in [0, 0.1) is 11.7 Å². The number of hydrogen-bond donors (Lipinski definition) is 1. The molecule has 0 aliphatic carbocycles. The molecule has 0 aliphatic heterocycles. The monoisotopic (exact) mass is 478 g/mol. The number of benzene rings is 1. The number of aromatic nitrogens is 4. The van der Waals surface area contributed by atoms with Crippen molar-refractivity contribution in [2.45, 2.75) is 66.2 Å². The molecule has 0 spiro atoms. The Kier molecular flexibility index (Phi) is 8.07. The fourth-order valence-corrected chi connectivity index (χ4v) is 3.80. The van der Waals surface area contributed by atoms with Crippen molar-refractivity contribution in [3.8, 4) is 0 Å². The third-order valence-electron chi connectivity index (χ3n) is 5.20. The molecule has 33 heavy (non-hydrogen) atoms. The first-order valence-electron chi connectivity index (χ1n) is 11.0. The average Bonchev–Trinajstić information content (AvgIpc) is 3.09. The predicted octanol–water partition coefficient (Wildman–Crippen LogP) is 3.81. The SMILES string of the molecule is CCCCn1c(=O)[nH]c(=O)c2c1nc(CCC(=O)OCc1ccc(F)cc1Cl)n2CC(C)C. The van der Waals surface area contributed by atoms with Crippen molar-refractivity contribution in [2.24, 2.45) is 5.92 Å². The highest BCUT2D eigenvalue weighted by molar-refractivity contribution is 6.31. The fourth-order valence-electron chi connectivity index (χ4n) is 3.58. The van der Waals surface area contributed by atoms with Crippen LogP contribution in [0.4, 0.5) is 4.39 Å². The van der Waals surface area contributed by atoms with Gasteiger partial charge in [-0.15, -0.1) is 0 Å². The summed E-state index contributed by atoms with van der Waals surface area (Å²) < 4.78 is 21.7. The maximum Gasteiger partial charge on any atom is 0.330 e. The Morgan fingerprint density at radius 3 is 2.70 bits per heavy atom. The van der Waals surface area contributed by atoms with Crippen LogP contribution in [0.3, 0.4) is 0 Å². The number of aryl methyl sites for hydroxylation is 2. The van der Waals surface area contributed by atoms with E-state index >= 15 is 0 Å². The second kappa shape index (κ2) is 10.8. The van der Waals surface area contributed by atoms with Crippen LogP contribution < -0.4 is 11.2 Å². The van der Waals surface area contributed by atoms with Gasteiger partial charge in [0, 0.05) is 25.1 Å². The van der Waals surface area contributed by atoms with E-state index in [4.69, 9.17) is 16.3 Å². The number of unbranched alkanes of at least 4 members (excludes halogenated alkanes) is 1. The van der Waals surface area contributed by atoms with Crippen molar-refractivity contribution in [2.75, 3.05) is 0 Å². The zero-order chi connectivity index (χ0) is 24.1. The van der Waals surface area contributed by atoms with E-state index in [9.17, 15) is 18.8 Å². The van der Waals surface area contributed by atoms with Crippen LogP contribution in [0.5, 0.6) is 0 Å². The van der Waals surface area contributed by atoms with Gasteiger partial charge in [0.05, 0.1) is 11.4 Å². The normalized spacial score (nSPS) is 11.5. The Hall–Kier alpha value is -2.94. The Bertz CT molecular complexity index is 1260. The molecular weight excluding hydrogens is 451 g/mol. The number of carbonyl (C=O) groups excluding carboxylic acids is 1. The summed E-state index contributed by atoms with van der Waals surface area (Å²) in [5.41, 5.74) is 0.193. The number of aromatic amines is 1. The summed E-state index contributed by atoms with van der Waals surface area (Å²) in [4.78, 5) is 44.3. The van der Waals surface area contributed by atoms with E-state index < -0.39 is 23.0 Å². The first kappa shape index (κ1) is 24.7. The first-order valence-corrected chi connectivity index (χ1v) is 11.4. The van der Waals surface area contributed by atoms with Crippen molar-refractivity contribution in [3.05, 3.63) is 61.3 Å². The number of nitrogens with one attached hydrogen (secondary N) is 1. The Morgan fingerprint density at radius 1 is 1.27 bits per heavy atom. The van der Waals surface area contributed by atoms with Gasteiger partial charge in [-0.2, -0.15) is 0 Å². The predicted molar refractivity (Wildman–Crippen MR) is 124 cm³/mol. The number of halogens is 2. The van der Waals surface area contributed by atoms with Gasteiger partial charge in [0.2, 0.25) is 0 Å². The van der Waals surface area contributed by atoms with Gasteiger partial charge in [0.25, 0.3) is 5.56 Å². The summed E-state index contributed by atoms with van der Waals surface area (Å²) >= 11 is 5.97. The van der Waals surface area contributed by atoms with Gasteiger partial charge in [0.15, 0.2) is 11.2 Å². The molecule has 1 N–H and O–H groups in total. The number of rotatable bonds is 10. The van der Waals surface area contributed by atoms with E-state index in [0.717, 1.165) is 18.9 Å². The molecule has 2 heterocycles. The number of fused-ring (bicyclic) bond motifs is 1. The molecule has 0 bridgehead atoms. The third kappa shape index (κ3) is 5.90. The molecule has 0 amide bonds. The number of carbonyl (C=O) groups is 1. The number of imidazole rings is 1. The van der Waals surface area contributed by atoms with Gasteiger partial charge in [-0.05, 0) is 24.5 Å². The van der Waals surface area contributed by atoms with Crippen molar-refractivity contribution < 1.29 is 13.9 Å². The Morgan fingerprint density at radius 2 is 2.03 bits per heavy atom. The molecule has 10 heteroatoms. The maximum atomic E-state index is 13.2. The standard InChI is InChI=1S/C23H28ClFN4O4/c1-4-5-10-28-21-20(22(31)27-23(28)32)29(12-14(2)3)18(26-21)8-9-19(30)33-13-15-6-7-16(25)11-17(15)24/h6-7,11,14H,4-5,8-10,12-13H2,1-3H3,(H,27,31,32). The van der Waals surface area contributed by atoms with Crippen LogP contribution in [0.1, 0.15) is 51.4 Å². The van der Waals surface area contributed by atoms with E-state index in [1.54, 1.807) is 4.57 Å². The summed E-state index contributed by atoms with van der Waals surface area (Å²) in [5, 5.41) is 0.186. The molecule has 0 saturated heterocycles. The second-order valence-corrected chi connectivity index (χ2v) is 8.77. The summed E-state index contributed by atoms with van der Waals surface area (Å²) in [7, 11) is 0. The molecule has 0 radical (unpaired) electrons. The van der Waals surface area contributed by atoms with E-state index in [1.165, 1.54) is 16.7 Å². The van der Waals surface area contributed by atoms with E-state index in [1.807, 2.05) is 20.8 Å². The molecule has 0 fully saturated rings. The topological polar surface area (TPSA) is 99.0 Å². The molecule has 3 rings (SSSR count). The minimum atomic E-state index is -0.490. The minimum Gasteiger partial charge on any atom is -0.461 e. The maximum absolute atomic E-state index is 13.2. The number of nitrogens with zero attached hydrogens (tertiary/aromatic N) is 3. The highest BCUT2D eigenvalue weighted by Gasteiger charge is 2.20. The van der Waals surface area contributed by atoms with Gasteiger partial charge in [0.1, 0.15) is 18.2 Å². The lowest BCUT2D eigenvalue weighted by Crippen LogP contribution is -2.31. The number of hydrogen-bond acceptors (Lipinski definition) is 5. The summed E-state index contributed by atoms with van der Waals surface area (Å²) in [5.74, 6) is -0.191. The molecule has 1 aromatic carbocycles. The van der Waals surface area contributed by atoms with Gasteiger partial charge in [-0.25, -0.2) is 14.2 Å². The molecule has 0 aliphatic rings. The molecule has 178 valence electrons. The molecular formula is C23H28ClFN4O4. The van der Waals surface area contributed by atoms with Crippen LogP contribution in [0.25, 0.3) is 11.2 Å². The molecule has 0 saturated carbocycles. The molecule has 2 aromatic heterocycles. The van der Waals surface area contributed by atoms with Crippen LogP contribution in [0.15, 0.2) is 27.8 Å². The van der Waals surface area contributed by atoms with Gasteiger partial charge < -0.3 is 9.30 Å². The number of H-pyrrole nitrogens is 1. The zero-order valence-electron chi connectivity index (χ0n) is 19.0. The second-order valence-electron chi connectivity index (χ2n) is 8.37. The van der Waals surface area contributed by atoms with E-state index in [0.29, 0.717) is 35.6 Å². The largest absolute Gasteiger partial charge is 0.461 e. The highest BCUT2D eigenvalue weighted by Crippen LogP contribution is 2.19. The Labute approximate surface area is 195 Å². The van der Waals surface area contributed by atoms with Gasteiger partial charge in [-0.1, -0.05) is 44.9 Å². The van der Waals surface area contributed by atoms with Crippen molar-refractivity contribution >= 4 is 28.7 Å². The summed E-state index contributed by atoms with van der Waals surface area (Å²) in [6.45, 7) is 6.93. The summed E-state index contributed by atoms with van der Waals surface area (Å²) in [6.07, 6.45) is 1.92. The smallest absolute Gasteiger partial charge is 0.330 e. The lowest BCUT2D eigenvalue weighted by Gasteiger charge is -2.11. The molecule has 3 aromatic rings. The van der Waals surface area contributed by atoms with Crippen LogP contribution >= 0.6 is 11.6 Å². The fraction of sp³-hybridized carbons (Fsp3) is 0.478. The highest BCUT2D eigenvalue weighted by atomic mass is 35.5. The van der Waals surface area contributed by atoms with Crippen LogP contribution in [0.2, 0.25) is 5.02 Å². The zero-order valence-corrected chi connectivity index (χ0v) is 19.7. The average molecular weight is 479 g/mol. The number of ether oxygens (including phenoxy) is 1. The lowest BCUT2D eigenvalue weighted by atomic mass is 10.2. The van der Waals surface area contributed by atoms with E-state index in [2.05, 4.69) is 9.97 Å². The molecule has 8 nitrogen and oxygen atoms in total. The van der Waals surface area contributed by atoms with Crippen LogP contribution in [-0.2, 0) is 35.6 Å². The first-order chi connectivity index (χ1) is 15.7. The summed E-state index contributed by atoms with van der Waals surface area (Å²) in [6, 6.07) is 3.88. The van der Waals surface area contributed by atoms with Gasteiger partial charge >= 0.3 is 11.7 Å². The van der Waals surface area contributed by atoms with Crippen LogP contribution in [-0.4, -0.2) is 25.1 Å². The quantitative estimate of drug-likeness (QED) is 0.447. The molecule has 0 atom stereocenters. The number of esters is 1. The minimum absolute atomic E-state index is 0.0251. The Balaban J connectivity index is 1.83.